The monoisotopic (exact) mass is 284 g/mol. The molecular weight excluding hydrogens is 272 g/mol. The van der Waals surface area contributed by atoms with Crippen molar-refractivity contribution in [1.29, 1.82) is 0 Å². The van der Waals surface area contributed by atoms with Crippen LogP contribution in [-0.4, -0.2) is 15.1 Å². The molecule has 0 saturated heterocycles. The largest absolute Gasteiger partial charge is 0.337 e. The van der Waals surface area contributed by atoms with Crippen molar-refractivity contribution < 1.29 is 13.9 Å². The van der Waals surface area contributed by atoms with Crippen LogP contribution in [0.4, 0.5) is 10.5 Å². The third kappa shape index (κ3) is 3.23. The van der Waals surface area contributed by atoms with E-state index < -0.39 is 16.8 Å². The van der Waals surface area contributed by atoms with Crippen LogP contribution in [0.15, 0.2) is 52.1 Å². The SMILES string of the molecule is O=C(Nc1ccccc1)NS(O)(O)c1cccs1. The van der Waals surface area contributed by atoms with E-state index in [2.05, 4.69) is 10.0 Å². The first-order valence-corrected chi connectivity index (χ1v) is 7.46. The lowest BCUT2D eigenvalue weighted by atomic mass is 10.3. The highest BCUT2D eigenvalue weighted by Gasteiger charge is 2.19. The zero-order valence-electron chi connectivity index (χ0n) is 9.24. The van der Waals surface area contributed by atoms with Crippen LogP contribution in [0.3, 0.4) is 0 Å². The number of para-hydroxylation sites is 1. The smallest absolute Gasteiger partial charge is 0.307 e. The van der Waals surface area contributed by atoms with E-state index in [1.165, 1.54) is 11.3 Å². The highest BCUT2D eigenvalue weighted by molar-refractivity contribution is 8.24. The van der Waals surface area contributed by atoms with Gasteiger partial charge in [0.1, 0.15) is 4.21 Å². The van der Waals surface area contributed by atoms with Gasteiger partial charge in [0, 0.05) is 5.69 Å². The molecule has 0 aliphatic heterocycles. The van der Waals surface area contributed by atoms with Gasteiger partial charge in [0.05, 0.1) is 0 Å². The molecule has 0 aliphatic carbocycles. The molecule has 0 radical (unpaired) electrons. The Labute approximate surface area is 110 Å². The second-order valence-electron chi connectivity index (χ2n) is 3.40. The first-order chi connectivity index (χ1) is 8.58. The summed E-state index contributed by atoms with van der Waals surface area (Å²) in [5, 5.41) is 4.22. The molecule has 1 heterocycles. The molecule has 96 valence electrons. The Morgan fingerprint density at radius 1 is 1.11 bits per heavy atom. The summed E-state index contributed by atoms with van der Waals surface area (Å²) in [4.78, 5) is 11.6. The van der Waals surface area contributed by atoms with Crippen LogP contribution >= 0.6 is 22.1 Å². The van der Waals surface area contributed by atoms with E-state index in [4.69, 9.17) is 0 Å². The lowest BCUT2D eigenvalue weighted by Gasteiger charge is -2.30. The number of benzene rings is 1. The molecule has 0 atom stereocenters. The van der Waals surface area contributed by atoms with Crippen molar-refractivity contribution in [3.8, 4) is 0 Å². The van der Waals surface area contributed by atoms with Gasteiger partial charge in [-0.05, 0) is 29.6 Å². The molecule has 0 spiro atoms. The average Bonchev–Trinajstić information content (AvgIpc) is 2.83. The van der Waals surface area contributed by atoms with E-state index in [9.17, 15) is 13.9 Å². The summed E-state index contributed by atoms with van der Waals surface area (Å²) >= 11 is 1.17. The van der Waals surface area contributed by atoms with E-state index >= 15 is 0 Å². The number of urea groups is 1. The van der Waals surface area contributed by atoms with Crippen molar-refractivity contribution >= 4 is 33.8 Å². The molecule has 4 N–H and O–H groups in total. The Balaban J connectivity index is 2.00. The van der Waals surface area contributed by atoms with Crippen LogP contribution in [0.1, 0.15) is 0 Å². The Morgan fingerprint density at radius 2 is 1.83 bits per heavy atom. The predicted molar refractivity (Wildman–Crippen MR) is 74.0 cm³/mol. The second-order valence-corrected chi connectivity index (χ2v) is 6.35. The molecular formula is C11H12N2O3S2. The summed E-state index contributed by atoms with van der Waals surface area (Å²) in [5.74, 6) is 0. The van der Waals surface area contributed by atoms with E-state index in [1.54, 1.807) is 41.8 Å². The maximum absolute atomic E-state index is 11.6. The highest BCUT2D eigenvalue weighted by atomic mass is 32.3. The van der Waals surface area contributed by atoms with E-state index in [1.807, 2.05) is 6.07 Å². The predicted octanol–water partition coefficient (Wildman–Crippen LogP) is 3.59. The fourth-order valence-corrected chi connectivity index (χ4v) is 3.24. The van der Waals surface area contributed by atoms with Crippen LogP contribution in [0, 0.1) is 0 Å². The van der Waals surface area contributed by atoms with E-state index in [0.29, 0.717) is 9.90 Å². The van der Waals surface area contributed by atoms with Gasteiger partial charge in [-0.2, -0.15) is 0 Å². The van der Waals surface area contributed by atoms with Gasteiger partial charge in [0.25, 0.3) is 0 Å². The van der Waals surface area contributed by atoms with Gasteiger partial charge in [-0.1, -0.05) is 29.0 Å². The summed E-state index contributed by atoms with van der Waals surface area (Å²) in [7, 11) is -3.28. The normalized spacial score (nSPS) is 11.9. The van der Waals surface area contributed by atoms with Crippen molar-refractivity contribution in [3.63, 3.8) is 0 Å². The molecule has 0 fully saturated rings. The van der Waals surface area contributed by atoms with Crippen molar-refractivity contribution in [3.05, 3.63) is 47.8 Å². The molecule has 0 aliphatic rings. The van der Waals surface area contributed by atoms with Gasteiger partial charge in [-0.25, -0.2) is 9.52 Å². The van der Waals surface area contributed by atoms with Crippen LogP contribution in [0.2, 0.25) is 0 Å². The molecule has 0 unspecified atom stereocenters. The Hall–Kier alpha value is -1.54. The first-order valence-electron chi connectivity index (χ1n) is 5.03. The standard InChI is InChI=1S/C11H12N2O3S2/c14-11(12-9-5-2-1-3-6-9)13-18(15,16)10-7-4-8-17-10/h1-8,15-16H,(H2,12,13,14). The molecule has 18 heavy (non-hydrogen) atoms. The number of carbonyl (C=O) groups excluding carboxylic acids is 1. The van der Waals surface area contributed by atoms with Crippen molar-refractivity contribution in [2.24, 2.45) is 0 Å². The fraction of sp³-hybridized carbons (Fsp3) is 0. The van der Waals surface area contributed by atoms with Crippen molar-refractivity contribution in [2.45, 2.75) is 4.21 Å². The van der Waals surface area contributed by atoms with Crippen molar-refractivity contribution in [2.75, 3.05) is 5.32 Å². The Morgan fingerprint density at radius 3 is 2.44 bits per heavy atom. The van der Waals surface area contributed by atoms with Crippen LogP contribution in [-0.2, 0) is 0 Å². The van der Waals surface area contributed by atoms with Gasteiger partial charge in [-0.15, -0.1) is 11.3 Å². The summed E-state index contributed by atoms with van der Waals surface area (Å²) in [6.07, 6.45) is 0. The molecule has 0 saturated carbocycles. The number of carbonyl (C=O) groups is 1. The summed E-state index contributed by atoms with van der Waals surface area (Å²) in [5.41, 5.74) is 0.580. The first kappa shape index (κ1) is 12.9. The van der Waals surface area contributed by atoms with Crippen LogP contribution in [0.25, 0.3) is 0 Å². The third-order valence-corrected chi connectivity index (χ3v) is 4.86. The van der Waals surface area contributed by atoms with Gasteiger partial charge in [0.15, 0.2) is 0 Å². The lowest BCUT2D eigenvalue weighted by molar-refractivity contribution is 0.255. The molecule has 2 rings (SSSR count). The minimum atomic E-state index is -3.28. The lowest BCUT2D eigenvalue weighted by Crippen LogP contribution is -2.31. The maximum atomic E-state index is 11.6. The van der Waals surface area contributed by atoms with E-state index in [0.717, 1.165) is 0 Å². The third-order valence-electron chi connectivity index (χ3n) is 2.04. The molecule has 2 aromatic rings. The quantitative estimate of drug-likeness (QED) is 0.695. The number of nitrogens with one attached hydrogen (secondary N) is 2. The van der Waals surface area contributed by atoms with Gasteiger partial charge >= 0.3 is 6.03 Å². The molecule has 7 heteroatoms. The topological polar surface area (TPSA) is 81.6 Å². The molecule has 1 aromatic heterocycles. The Kier molecular flexibility index (Phi) is 3.87. The minimum absolute atomic E-state index is 0.325. The number of hydrogen-bond acceptors (Lipinski definition) is 4. The average molecular weight is 284 g/mol. The van der Waals surface area contributed by atoms with Crippen LogP contribution in [0.5, 0.6) is 0 Å². The molecule has 0 bridgehead atoms. The summed E-state index contributed by atoms with van der Waals surface area (Å²) < 4.78 is 22.1. The number of anilines is 1. The highest BCUT2D eigenvalue weighted by Crippen LogP contribution is 2.46. The van der Waals surface area contributed by atoms with Gasteiger partial charge < -0.3 is 5.32 Å². The fourth-order valence-electron chi connectivity index (χ4n) is 1.28. The molecule has 5 nitrogen and oxygen atoms in total. The van der Waals surface area contributed by atoms with E-state index in [-0.39, 0.29) is 0 Å². The summed E-state index contributed by atoms with van der Waals surface area (Å²) in [6.45, 7) is 0. The molecule has 2 amide bonds. The number of thiophene rings is 1. The van der Waals surface area contributed by atoms with Gasteiger partial charge in [-0.3, -0.25) is 9.11 Å². The molecule has 1 aromatic carbocycles. The summed E-state index contributed by atoms with van der Waals surface area (Å²) in [6, 6.07) is 11.4. The second kappa shape index (κ2) is 5.40. The number of rotatable bonds is 3. The number of amides is 2. The van der Waals surface area contributed by atoms with Gasteiger partial charge in [0.2, 0.25) is 0 Å². The van der Waals surface area contributed by atoms with Crippen LogP contribution < -0.4 is 10.0 Å². The maximum Gasteiger partial charge on any atom is 0.337 e. The zero-order chi connectivity index (χ0) is 13.0. The Bertz CT molecular complexity index is 514. The minimum Gasteiger partial charge on any atom is -0.307 e. The zero-order valence-corrected chi connectivity index (χ0v) is 10.9. The number of hydrogen-bond donors (Lipinski definition) is 4. The van der Waals surface area contributed by atoms with Crippen molar-refractivity contribution in [1.82, 2.24) is 4.72 Å².